The van der Waals surface area contributed by atoms with Gasteiger partial charge in [0.15, 0.2) is 12.9 Å². The van der Waals surface area contributed by atoms with Gasteiger partial charge in [-0.1, -0.05) is 32.9 Å². The van der Waals surface area contributed by atoms with E-state index in [0.29, 0.717) is 28.9 Å². The Bertz CT molecular complexity index is 724. The summed E-state index contributed by atoms with van der Waals surface area (Å²) in [6.07, 6.45) is 0.658. The molecule has 0 aliphatic carbocycles. The number of aldehydes is 1. The van der Waals surface area contributed by atoms with Gasteiger partial charge >= 0.3 is 0 Å². The highest BCUT2D eigenvalue weighted by molar-refractivity contribution is 6.04. The van der Waals surface area contributed by atoms with Crippen molar-refractivity contribution in [1.29, 1.82) is 0 Å². The first-order valence-electron chi connectivity index (χ1n) is 7.75. The summed E-state index contributed by atoms with van der Waals surface area (Å²) in [7, 11) is 1.51. The number of carbonyl (C=O) groups is 2. The van der Waals surface area contributed by atoms with Gasteiger partial charge in [-0.05, 0) is 41.3 Å². The standard InChI is InChI=1S/C20H22O4/c1-20(2,3)15-6-9-16(10-7-15)24-13-19(22)18-11-17(23-4)8-5-14(18)12-21/h5-12H,13H2,1-4H3. The smallest absolute Gasteiger partial charge is 0.201 e. The molecule has 0 atom stereocenters. The van der Waals surface area contributed by atoms with E-state index < -0.39 is 0 Å². The summed E-state index contributed by atoms with van der Waals surface area (Å²) >= 11 is 0. The molecule has 0 saturated carbocycles. The Labute approximate surface area is 142 Å². The predicted octanol–water partition coefficient (Wildman–Crippen LogP) is 4.07. The zero-order chi connectivity index (χ0) is 17.7. The molecule has 0 fully saturated rings. The van der Waals surface area contributed by atoms with Crippen LogP contribution < -0.4 is 9.47 Å². The van der Waals surface area contributed by atoms with Crippen molar-refractivity contribution in [3.63, 3.8) is 0 Å². The van der Waals surface area contributed by atoms with Crippen LogP contribution in [0.15, 0.2) is 42.5 Å². The molecule has 2 aromatic carbocycles. The van der Waals surface area contributed by atoms with E-state index in [1.807, 2.05) is 24.3 Å². The minimum absolute atomic E-state index is 0.0633. The summed E-state index contributed by atoms with van der Waals surface area (Å²) in [6, 6.07) is 12.4. The normalized spacial score (nSPS) is 11.0. The molecule has 4 nitrogen and oxygen atoms in total. The van der Waals surface area contributed by atoms with Crippen molar-refractivity contribution in [2.45, 2.75) is 26.2 Å². The second kappa shape index (κ2) is 7.30. The van der Waals surface area contributed by atoms with Crippen LogP contribution in [0.5, 0.6) is 11.5 Å². The molecule has 2 aromatic rings. The summed E-state index contributed by atoms with van der Waals surface area (Å²) in [5, 5.41) is 0. The number of hydrogen-bond acceptors (Lipinski definition) is 4. The van der Waals surface area contributed by atoms with Gasteiger partial charge < -0.3 is 9.47 Å². The number of methoxy groups -OCH3 is 1. The number of benzene rings is 2. The average molecular weight is 326 g/mol. The Hall–Kier alpha value is -2.62. The minimum Gasteiger partial charge on any atom is -0.497 e. The van der Waals surface area contributed by atoms with Gasteiger partial charge in [-0.25, -0.2) is 0 Å². The maximum absolute atomic E-state index is 12.4. The lowest BCUT2D eigenvalue weighted by atomic mass is 9.87. The Kier molecular flexibility index (Phi) is 5.39. The van der Waals surface area contributed by atoms with Crippen molar-refractivity contribution in [2.24, 2.45) is 0 Å². The fourth-order valence-corrected chi connectivity index (χ4v) is 2.28. The van der Waals surface area contributed by atoms with Gasteiger partial charge in [-0.3, -0.25) is 9.59 Å². The van der Waals surface area contributed by atoms with Crippen molar-refractivity contribution in [3.8, 4) is 11.5 Å². The van der Waals surface area contributed by atoms with E-state index in [-0.39, 0.29) is 17.8 Å². The van der Waals surface area contributed by atoms with Crippen LogP contribution in [0.25, 0.3) is 0 Å². The quantitative estimate of drug-likeness (QED) is 0.593. The molecule has 0 amide bonds. The molecule has 0 bridgehead atoms. The van der Waals surface area contributed by atoms with Crippen molar-refractivity contribution < 1.29 is 19.1 Å². The molecular formula is C20H22O4. The molecule has 24 heavy (non-hydrogen) atoms. The minimum atomic E-state index is -0.268. The first kappa shape index (κ1) is 17.7. The number of carbonyl (C=O) groups excluding carboxylic acids is 2. The van der Waals surface area contributed by atoms with E-state index in [9.17, 15) is 9.59 Å². The monoisotopic (exact) mass is 326 g/mol. The second-order valence-corrected chi connectivity index (χ2v) is 6.56. The average Bonchev–Trinajstić information content (AvgIpc) is 2.58. The molecule has 0 aliphatic heterocycles. The van der Waals surface area contributed by atoms with Gasteiger partial charge in [0, 0.05) is 11.1 Å². The van der Waals surface area contributed by atoms with Gasteiger partial charge in [0.2, 0.25) is 5.78 Å². The Morgan fingerprint density at radius 1 is 1.04 bits per heavy atom. The second-order valence-electron chi connectivity index (χ2n) is 6.56. The van der Waals surface area contributed by atoms with Gasteiger partial charge in [0.25, 0.3) is 0 Å². The zero-order valence-electron chi connectivity index (χ0n) is 14.5. The van der Waals surface area contributed by atoms with Crippen LogP contribution in [0.1, 0.15) is 47.1 Å². The van der Waals surface area contributed by atoms with Gasteiger partial charge in [0.05, 0.1) is 7.11 Å². The van der Waals surface area contributed by atoms with Crippen molar-refractivity contribution in [3.05, 3.63) is 59.2 Å². The fourth-order valence-electron chi connectivity index (χ4n) is 2.28. The molecule has 0 spiro atoms. The third-order valence-electron chi connectivity index (χ3n) is 3.78. The molecule has 0 aromatic heterocycles. The molecule has 0 heterocycles. The summed E-state index contributed by atoms with van der Waals surface area (Å²) in [5.41, 5.74) is 1.88. The lowest BCUT2D eigenvalue weighted by Gasteiger charge is -2.19. The number of ketones is 1. The summed E-state index contributed by atoms with van der Waals surface area (Å²) in [4.78, 5) is 23.5. The van der Waals surface area contributed by atoms with E-state index in [0.717, 1.165) is 0 Å². The highest BCUT2D eigenvalue weighted by Crippen LogP contribution is 2.24. The fraction of sp³-hybridized carbons (Fsp3) is 0.300. The Balaban J connectivity index is 2.09. The van der Waals surface area contributed by atoms with Crippen LogP contribution in [0, 0.1) is 0 Å². The lowest BCUT2D eigenvalue weighted by Crippen LogP contribution is -2.14. The van der Waals surface area contributed by atoms with Gasteiger partial charge in [-0.2, -0.15) is 0 Å². The molecule has 0 saturated heterocycles. The van der Waals surface area contributed by atoms with Crippen LogP contribution in [0.2, 0.25) is 0 Å². The largest absolute Gasteiger partial charge is 0.497 e. The van der Waals surface area contributed by atoms with Crippen LogP contribution >= 0.6 is 0 Å². The van der Waals surface area contributed by atoms with Crippen LogP contribution in [-0.4, -0.2) is 25.8 Å². The van der Waals surface area contributed by atoms with Crippen LogP contribution in [-0.2, 0) is 5.41 Å². The summed E-state index contributed by atoms with van der Waals surface area (Å²) in [6.45, 7) is 6.27. The maximum Gasteiger partial charge on any atom is 0.201 e. The number of ether oxygens (including phenoxy) is 2. The summed E-state index contributed by atoms with van der Waals surface area (Å²) < 4.78 is 10.7. The highest BCUT2D eigenvalue weighted by atomic mass is 16.5. The first-order valence-corrected chi connectivity index (χ1v) is 7.75. The molecule has 4 heteroatoms. The van der Waals surface area contributed by atoms with Crippen molar-refractivity contribution in [2.75, 3.05) is 13.7 Å². The number of hydrogen-bond donors (Lipinski definition) is 0. The highest BCUT2D eigenvalue weighted by Gasteiger charge is 2.15. The molecule has 2 rings (SSSR count). The van der Waals surface area contributed by atoms with E-state index in [1.165, 1.54) is 12.7 Å². The maximum atomic E-state index is 12.4. The van der Waals surface area contributed by atoms with Gasteiger partial charge in [-0.15, -0.1) is 0 Å². The first-order chi connectivity index (χ1) is 11.3. The van der Waals surface area contributed by atoms with Crippen LogP contribution in [0.3, 0.4) is 0 Å². The SMILES string of the molecule is COc1ccc(C=O)c(C(=O)COc2ccc(C(C)(C)C)cc2)c1. The number of Topliss-reactive ketones (excluding diaryl/α,β-unsaturated/α-hetero) is 1. The van der Waals surface area contributed by atoms with E-state index in [2.05, 4.69) is 20.8 Å². The van der Waals surface area contributed by atoms with E-state index in [4.69, 9.17) is 9.47 Å². The number of rotatable bonds is 6. The summed E-state index contributed by atoms with van der Waals surface area (Å²) in [5.74, 6) is 0.876. The molecule has 0 unspecified atom stereocenters. The van der Waals surface area contributed by atoms with Gasteiger partial charge in [0.1, 0.15) is 11.5 Å². The zero-order valence-corrected chi connectivity index (χ0v) is 14.5. The molecule has 126 valence electrons. The third kappa shape index (κ3) is 4.22. The molecule has 0 N–H and O–H groups in total. The third-order valence-corrected chi connectivity index (χ3v) is 3.78. The predicted molar refractivity (Wildman–Crippen MR) is 93.3 cm³/mol. The Morgan fingerprint density at radius 2 is 1.67 bits per heavy atom. The lowest BCUT2D eigenvalue weighted by molar-refractivity contribution is 0.0916. The molecule has 0 radical (unpaired) electrons. The van der Waals surface area contributed by atoms with Crippen molar-refractivity contribution in [1.82, 2.24) is 0 Å². The van der Waals surface area contributed by atoms with E-state index >= 15 is 0 Å². The van der Waals surface area contributed by atoms with Crippen molar-refractivity contribution >= 4 is 12.1 Å². The topological polar surface area (TPSA) is 52.6 Å². The van der Waals surface area contributed by atoms with E-state index in [1.54, 1.807) is 18.2 Å². The molecular weight excluding hydrogens is 304 g/mol. The Morgan fingerprint density at radius 3 is 2.21 bits per heavy atom. The van der Waals surface area contributed by atoms with Crippen LogP contribution in [0.4, 0.5) is 0 Å². The molecule has 0 aliphatic rings.